The first-order valence-corrected chi connectivity index (χ1v) is 7.22. The second-order valence-corrected chi connectivity index (χ2v) is 5.89. The van der Waals surface area contributed by atoms with Gasteiger partial charge in [-0.25, -0.2) is 4.68 Å². The number of carbonyl (C=O) groups is 2. The molecule has 1 aliphatic carbocycles. The standard InChI is InChI=1S/C11H16N4O3S/c1-19-11(3-2-4-11)7-12-10(18)8-5-15(14-13-8)6-9(16)17/h5H,2-4,6-7H2,1H3,(H,12,18)(H,16,17). The van der Waals surface area contributed by atoms with E-state index in [2.05, 4.69) is 21.9 Å². The van der Waals surface area contributed by atoms with Gasteiger partial charge >= 0.3 is 5.97 Å². The molecule has 0 aliphatic heterocycles. The number of carboxylic acids is 1. The van der Waals surface area contributed by atoms with Crippen LogP contribution in [0.25, 0.3) is 0 Å². The topological polar surface area (TPSA) is 97.1 Å². The Bertz CT molecular complexity index is 479. The van der Waals surface area contributed by atoms with Gasteiger partial charge in [-0.05, 0) is 19.1 Å². The van der Waals surface area contributed by atoms with Crippen LogP contribution in [-0.2, 0) is 11.3 Å². The highest BCUT2D eigenvalue weighted by molar-refractivity contribution is 8.00. The van der Waals surface area contributed by atoms with Crippen LogP contribution in [0.3, 0.4) is 0 Å². The number of hydrogen-bond donors (Lipinski definition) is 2. The van der Waals surface area contributed by atoms with Crippen LogP contribution in [0.2, 0.25) is 0 Å². The van der Waals surface area contributed by atoms with Crippen LogP contribution in [0.4, 0.5) is 0 Å². The molecule has 1 amide bonds. The minimum atomic E-state index is -1.02. The molecular formula is C11H16N4O3S. The molecule has 0 aromatic carbocycles. The zero-order valence-corrected chi connectivity index (χ0v) is 11.4. The van der Waals surface area contributed by atoms with Crippen LogP contribution in [0, 0.1) is 0 Å². The molecule has 1 aromatic heterocycles. The summed E-state index contributed by atoms with van der Waals surface area (Å²) in [6.45, 7) is 0.313. The highest BCUT2D eigenvalue weighted by atomic mass is 32.2. The average Bonchev–Trinajstić information content (AvgIpc) is 2.75. The quantitative estimate of drug-likeness (QED) is 0.783. The number of aliphatic carboxylic acids is 1. The van der Waals surface area contributed by atoms with Gasteiger partial charge in [-0.3, -0.25) is 9.59 Å². The molecule has 1 aliphatic rings. The number of rotatable bonds is 6. The van der Waals surface area contributed by atoms with Crippen LogP contribution < -0.4 is 5.32 Å². The predicted octanol–water partition coefficient (Wildman–Crippen LogP) is 0.378. The molecule has 0 spiro atoms. The first-order chi connectivity index (χ1) is 9.04. The van der Waals surface area contributed by atoms with Gasteiger partial charge in [0.2, 0.25) is 0 Å². The average molecular weight is 284 g/mol. The van der Waals surface area contributed by atoms with Crippen molar-refractivity contribution in [2.75, 3.05) is 12.8 Å². The maximum absolute atomic E-state index is 11.9. The van der Waals surface area contributed by atoms with Gasteiger partial charge in [-0.1, -0.05) is 11.6 Å². The molecule has 104 valence electrons. The highest BCUT2D eigenvalue weighted by Crippen LogP contribution is 2.42. The van der Waals surface area contributed by atoms with Crippen molar-refractivity contribution in [2.24, 2.45) is 0 Å². The molecule has 0 bridgehead atoms. The monoisotopic (exact) mass is 284 g/mol. The first kappa shape index (κ1) is 13.9. The van der Waals surface area contributed by atoms with Gasteiger partial charge in [-0.15, -0.1) is 5.10 Å². The number of amides is 1. The molecule has 0 unspecified atom stereocenters. The largest absolute Gasteiger partial charge is 0.480 e. The fourth-order valence-electron chi connectivity index (χ4n) is 1.97. The number of carboxylic acid groups (broad SMARTS) is 1. The maximum atomic E-state index is 11.9. The van der Waals surface area contributed by atoms with E-state index < -0.39 is 5.97 Å². The number of thioether (sulfide) groups is 1. The Balaban J connectivity index is 1.89. The lowest BCUT2D eigenvalue weighted by molar-refractivity contribution is -0.137. The molecule has 8 heteroatoms. The zero-order chi connectivity index (χ0) is 13.9. The van der Waals surface area contributed by atoms with Gasteiger partial charge in [0.05, 0.1) is 6.20 Å². The molecule has 2 N–H and O–H groups in total. The Hall–Kier alpha value is -1.57. The zero-order valence-electron chi connectivity index (χ0n) is 10.6. The summed E-state index contributed by atoms with van der Waals surface area (Å²) in [4.78, 5) is 22.4. The van der Waals surface area contributed by atoms with Crippen molar-refractivity contribution in [2.45, 2.75) is 30.6 Å². The Morgan fingerprint density at radius 2 is 2.32 bits per heavy atom. The summed E-state index contributed by atoms with van der Waals surface area (Å²) in [5, 5.41) is 18.7. The van der Waals surface area contributed by atoms with E-state index in [4.69, 9.17) is 5.11 Å². The second-order valence-electron chi connectivity index (χ2n) is 4.62. The molecule has 0 saturated heterocycles. The van der Waals surface area contributed by atoms with Crippen molar-refractivity contribution in [3.05, 3.63) is 11.9 Å². The van der Waals surface area contributed by atoms with Crippen LogP contribution in [0.1, 0.15) is 29.8 Å². The lowest BCUT2D eigenvalue weighted by atomic mass is 9.84. The molecule has 1 saturated carbocycles. The van der Waals surface area contributed by atoms with Crippen molar-refractivity contribution in [3.8, 4) is 0 Å². The maximum Gasteiger partial charge on any atom is 0.325 e. The smallest absolute Gasteiger partial charge is 0.325 e. The third-order valence-electron chi connectivity index (χ3n) is 3.34. The highest BCUT2D eigenvalue weighted by Gasteiger charge is 2.36. The van der Waals surface area contributed by atoms with Crippen LogP contribution in [0.15, 0.2) is 6.20 Å². The fraction of sp³-hybridized carbons (Fsp3) is 0.636. The molecule has 1 heterocycles. The van der Waals surface area contributed by atoms with Crippen LogP contribution in [-0.4, -0.2) is 49.5 Å². The Morgan fingerprint density at radius 3 is 2.84 bits per heavy atom. The van der Waals surface area contributed by atoms with Crippen molar-refractivity contribution in [3.63, 3.8) is 0 Å². The summed E-state index contributed by atoms with van der Waals surface area (Å²) in [7, 11) is 0. The molecule has 0 radical (unpaired) electrons. The number of nitrogens with zero attached hydrogens (tertiary/aromatic N) is 3. The summed E-state index contributed by atoms with van der Waals surface area (Å²) in [6, 6.07) is 0. The molecule has 19 heavy (non-hydrogen) atoms. The lowest BCUT2D eigenvalue weighted by Crippen LogP contribution is -2.45. The summed E-state index contributed by atoms with van der Waals surface area (Å²) in [6.07, 6.45) is 6.82. The van der Waals surface area contributed by atoms with Crippen LogP contribution in [0.5, 0.6) is 0 Å². The molecular weight excluding hydrogens is 268 g/mol. The van der Waals surface area contributed by atoms with Crippen molar-refractivity contribution in [1.29, 1.82) is 0 Å². The van der Waals surface area contributed by atoms with Gasteiger partial charge in [0.1, 0.15) is 6.54 Å². The first-order valence-electron chi connectivity index (χ1n) is 6.00. The van der Waals surface area contributed by atoms with E-state index >= 15 is 0 Å². The number of hydrogen-bond acceptors (Lipinski definition) is 5. The van der Waals surface area contributed by atoms with E-state index in [0.29, 0.717) is 6.54 Å². The van der Waals surface area contributed by atoms with Gasteiger partial charge in [0, 0.05) is 11.3 Å². The van der Waals surface area contributed by atoms with E-state index in [0.717, 1.165) is 17.5 Å². The van der Waals surface area contributed by atoms with E-state index in [1.165, 1.54) is 12.6 Å². The number of nitrogens with one attached hydrogen (secondary N) is 1. The SMILES string of the molecule is CSC1(CNC(=O)c2cn(CC(=O)O)nn2)CCC1. The predicted molar refractivity (Wildman–Crippen MR) is 70.1 cm³/mol. The van der Waals surface area contributed by atoms with E-state index in [1.54, 1.807) is 11.8 Å². The number of aromatic nitrogens is 3. The molecule has 1 fully saturated rings. The molecule has 2 rings (SSSR count). The third-order valence-corrected chi connectivity index (χ3v) is 4.76. The second kappa shape index (κ2) is 5.60. The third kappa shape index (κ3) is 3.25. The van der Waals surface area contributed by atoms with E-state index in [-0.39, 0.29) is 22.9 Å². The van der Waals surface area contributed by atoms with Gasteiger partial charge in [0.15, 0.2) is 5.69 Å². The normalized spacial score (nSPS) is 16.7. The molecule has 1 aromatic rings. The summed E-state index contributed by atoms with van der Waals surface area (Å²) < 4.78 is 1.29. The van der Waals surface area contributed by atoms with Gasteiger partial charge in [0.25, 0.3) is 5.91 Å². The fourth-order valence-corrected chi connectivity index (χ4v) is 2.89. The lowest BCUT2D eigenvalue weighted by Gasteiger charge is -2.40. The van der Waals surface area contributed by atoms with Crippen LogP contribution >= 0.6 is 11.8 Å². The van der Waals surface area contributed by atoms with Gasteiger partial charge < -0.3 is 10.4 Å². The minimum Gasteiger partial charge on any atom is -0.480 e. The van der Waals surface area contributed by atoms with Crippen molar-refractivity contribution >= 4 is 23.6 Å². The Kier molecular flexibility index (Phi) is 4.08. The van der Waals surface area contributed by atoms with E-state index in [1.807, 2.05) is 0 Å². The summed E-state index contributed by atoms with van der Waals surface area (Å²) in [5.74, 6) is -1.33. The van der Waals surface area contributed by atoms with Crippen molar-refractivity contribution in [1.82, 2.24) is 20.3 Å². The number of carbonyl (C=O) groups excluding carboxylic acids is 1. The minimum absolute atomic E-state index is 0.150. The summed E-state index contributed by atoms with van der Waals surface area (Å²) >= 11 is 1.78. The molecule has 0 atom stereocenters. The van der Waals surface area contributed by atoms with Crippen molar-refractivity contribution < 1.29 is 14.7 Å². The Labute approximate surface area is 114 Å². The Morgan fingerprint density at radius 1 is 1.58 bits per heavy atom. The molecule has 7 nitrogen and oxygen atoms in total. The van der Waals surface area contributed by atoms with E-state index in [9.17, 15) is 9.59 Å². The van der Waals surface area contributed by atoms with Gasteiger partial charge in [-0.2, -0.15) is 11.8 Å². The summed E-state index contributed by atoms with van der Waals surface area (Å²) in [5.41, 5.74) is 0.150.